The number of hydrogen-bond donors (Lipinski definition) is 1. The summed E-state index contributed by atoms with van der Waals surface area (Å²) < 4.78 is 5.28. The average molecular weight is 421 g/mol. The maximum atomic E-state index is 12.5. The van der Waals surface area contributed by atoms with Gasteiger partial charge in [0.05, 0.1) is 6.61 Å². The third-order valence-corrected chi connectivity index (χ3v) is 5.62. The maximum Gasteiger partial charge on any atom is 0.324 e. The number of carboxylic acid groups (broad SMARTS) is 1. The van der Waals surface area contributed by atoms with Crippen LogP contribution < -0.4 is 0 Å². The van der Waals surface area contributed by atoms with Gasteiger partial charge in [0.15, 0.2) is 11.7 Å². The molecule has 0 saturated carbocycles. The minimum atomic E-state index is -1.33. The summed E-state index contributed by atoms with van der Waals surface area (Å²) in [5.41, 5.74) is 1.03. The highest BCUT2D eigenvalue weighted by Crippen LogP contribution is 2.33. The van der Waals surface area contributed by atoms with E-state index < -0.39 is 17.9 Å². The van der Waals surface area contributed by atoms with E-state index >= 15 is 0 Å². The van der Waals surface area contributed by atoms with Crippen molar-refractivity contribution in [2.45, 2.75) is 104 Å². The molecule has 0 aromatic heterocycles. The van der Waals surface area contributed by atoms with Crippen LogP contribution in [0.3, 0.4) is 0 Å². The van der Waals surface area contributed by atoms with Gasteiger partial charge in [-0.2, -0.15) is 0 Å². The van der Waals surface area contributed by atoms with Crippen LogP contribution in [0.5, 0.6) is 0 Å². The quantitative estimate of drug-likeness (QED) is 0.132. The summed E-state index contributed by atoms with van der Waals surface area (Å²) in [6, 6.07) is 0. The number of hydrogen-bond acceptors (Lipinski definition) is 4. The monoisotopic (exact) mass is 420 g/mol. The Morgan fingerprint density at radius 1 is 0.967 bits per heavy atom. The third-order valence-electron chi connectivity index (χ3n) is 5.62. The SMILES string of the molecule is CC/C=C/CCCCCCCCOC(=O)C(C(=O)O)C1=C(CCCCC)C(=O)CC1. The lowest BCUT2D eigenvalue weighted by Crippen LogP contribution is -2.28. The largest absolute Gasteiger partial charge is 0.480 e. The molecule has 0 aliphatic heterocycles. The molecule has 0 amide bonds. The Bertz CT molecular complexity index is 603. The van der Waals surface area contributed by atoms with Crippen LogP contribution in [0.4, 0.5) is 0 Å². The van der Waals surface area contributed by atoms with Crippen LogP contribution >= 0.6 is 0 Å². The lowest BCUT2D eigenvalue weighted by Gasteiger charge is -2.15. The van der Waals surface area contributed by atoms with Crippen LogP contribution in [0, 0.1) is 5.92 Å². The van der Waals surface area contributed by atoms with Crippen LogP contribution in [-0.2, 0) is 19.1 Å². The zero-order valence-corrected chi connectivity index (χ0v) is 18.9. The number of carbonyl (C=O) groups excluding carboxylic acids is 2. The number of esters is 1. The Balaban J connectivity index is 2.39. The van der Waals surface area contributed by atoms with Gasteiger partial charge in [-0.3, -0.25) is 14.4 Å². The number of unbranched alkanes of at least 4 members (excludes halogenated alkanes) is 8. The smallest absolute Gasteiger partial charge is 0.324 e. The van der Waals surface area contributed by atoms with Crippen LogP contribution in [0.15, 0.2) is 23.3 Å². The number of ketones is 1. The fourth-order valence-corrected chi connectivity index (χ4v) is 3.90. The molecule has 5 nitrogen and oxygen atoms in total. The van der Waals surface area contributed by atoms with Crippen LogP contribution in [0.2, 0.25) is 0 Å². The molecule has 5 heteroatoms. The molecule has 1 N–H and O–H groups in total. The van der Waals surface area contributed by atoms with Crippen molar-refractivity contribution in [1.82, 2.24) is 0 Å². The normalized spacial score (nSPS) is 15.2. The number of ether oxygens (including phenoxy) is 1. The molecule has 1 aliphatic carbocycles. The van der Waals surface area contributed by atoms with Gasteiger partial charge < -0.3 is 9.84 Å². The van der Waals surface area contributed by atoms with Gasteiger partial charge in [0.1, 0.15) is 0 Å². The minimum absolute atomic E-state index is 0.00895. The molecule has 0 bridgehead atoms. The Labute approximate surface area is 182 Å². The summed E-state index contributed by atoms with van der Waals surface area (Å²) in [4.78, 5) is 36.4. The summed E-state index contributed by atoms with van der Waals surface area (Å²) in [6.45, 7) is 4.46. The molecular weight excluding hydrogens is 380 g/mol. The van der Waals surface area contributed by atoms with Crippen LogP contribution in [-0.4, -0.2) is 29.4 Å². The van der Waals surface area contributed by atoms with E-state index in [2.05, 4.69) is 26.0 Å². The van der Waals surface area contributed by atoms with Gasteiger partial charge in [0.25, 0.3) is 0 Å². The fourth-order valence-electron chi connectivity index (χ4n) is 3.90. The van der Waals surface area contributed by atoms with Crippen molar-refractivity contribution in [3.63, 3.8) is 0 Å². The first-order valence-electron chi connectivity index (χ1n) is 11.8. The maximum absolute atomic E-state index is 12.5. The van der Waals surface area contributed by atoms with Gasteiger partial charge in [-0.25, -0.2) is 0 Å². The highest BCUT2D eigenvalue weighted by molar-refractivity contribution is 6.04. The Morgan fingerprint density at radius 2 is 1.67 bits per heavy atom. The second-order valence-electron chi connectivity index (χ2n) is 8.11. The van der Waals surface area contributed by atoms with E-state index in [0.717, 1.165) is 51.4 Å². The van der Waals surface area contributed by atoms with Crippen LogP contribution in [0.1, 0.15) is 104 Å². The van der Waals surface area contributed by atoms with Crippen molar-refractivity contribution in [2.75, 3.05) is 6.61 Å². The first kappa shape index (κ1) is 26.1. The number of rotatable bonds is 17. The zero-order chi connectivity index (χ0) is 22.2. The molecule has 0 spiro atoms. The molecule has 0 aromatic carbocycles. The second-order valence-corrected chi connectivity index (χ2v) is 8.11. The summed E-state index contributed by atoms with van der Waals surface area (Å²) in [6.07, 6.45) is 17.2. The van der Waals surface area contributed by atoms with E-state index in [-0.39, 0.29) is 12.4 Å². The highest BCUT2D eigenvalue weighted by Gasteiger charge is 2.37. The first-order chi connectivity index (χ1) is 14.5. The molecule has 170 valence electrons. The Hall–Kier alpha value is -1.91. The molecule has 1 atom stereocenters. The minimum Gasteiger partial charge on any atom is -0.480 e. The molecule has 0 aromatic rings. The first-order valence-corrected chi connectivity index (χ1v) is 11.8. The predicted octanol–water partition coefficient (Wildman–Crippen LogP) is 6.17. The van der Waals surface area contributed by atoms with E-state index in [1.807, 2.05) is 0 Å². The van der Waals surface area contributed by atoms with E-state index in [4.69, 9.17) is 4.74 Å². The third kappa shape index (κ3) is 9.73. The lowest BCUT2D eigenvalue weighted by atomic mass is 9.93. The van der Waals surface area contributed by atoms with E-state index in [1.54, 1.807) is 0 Å². The molecule has 1 aliphatic rings. The molecule has 1 unspecified atom stereocenters. The summed E-state index contributed by atoms with van der Waals surface area (Å²) in [7, 11) is 0. The standard InChI is InChI=1S/C25H40O5/c1-3-5-7-8-9-10-11-12-13-15-19-30-25(29)23(24(27)28)21-17-18-22(26)20(21)16-14-6-4-2/h5,7,23H,3-4,6,8-19H2,1-2H3,(H,27,28)/b7-5+. The second kappa shape index (κ2) is 15.9. The number of carbonyl (C=O) groups is 3. The Morgan fingerprint density at radius 3 is 2.33 bits per heavy atom. The average Bonchev–Trinajstić information content (AvgIpc) is 3.06. The van der Waals surface area contributed by atoms with Gasteiger partial charge in [-0.1, -0.05) is 64.5 Å². The predicted molar refractivity (Wildman–Crippen MR) is 119 cm³/mol. The molecule has 0 radical (unpaired) electrons. The van der Waals surface area contributed by atoms with E-state index in [1.165, 1.54) is 19.3 Å². The van der Waals surface area contributed by atoms with Gasteiger partial charge in [0, 0.05) is 6.42 Å². The van der Waals surface area contributed by atoms with Gasteiger partial charge in [-0.15, -0.1) is 0 Å². The molecular formula is C25H40O5. The molecule has 0 heterocycles. The summed E-state index contributed by atoms with van der Waals surface area (Å²) in [5.74, 6) is -3.27. The molecule has 1 rings (SSSR count). The van der Waals surface area contributed by atoms with Gasteiger partial charge in [-0.05, 0) is 56.1 Å². The van der Waals surface area contributed by atoms with E-state index in [0.29, 0.717) is 30.4 Å². The highest BCUT2D eigenvalue weighted by atomic mass is 16.5. The molecule has 30 heavy (non-hydrogen) atoms. The van der Waals surface area contributed by atoms with Gasteiger partial charge >= 0.3 is 11.9 Å². The van der Waals surface area contributed by atoms with Crippen molar-refractivity contribution < 1.29 is 24.2 Å². The topological polar surface area (TPSA) is 80.7 Å². The van der Waals surface area contributed by atoms with Crippen molar-refractivity contribution >= 4 is 17.7 Å². The lowest BCUT2D eigenvalue weighted by molar-refractivity contribution is -0.156. The number of carboxylic acids is 1. The number of aliphatic carboxylic acids is 1. The molecule has 0 fully saturated rings. The van der Waals surface area contributed by atoms with Crippen molar-refractivity contribution in [3.05, 3.63) is 23.3 Å². The number of allylic oxidation sites excluding steroid dienone is 3. The fraction of sp³-hybridized carbons (Fsp3) is 0.720. The zero-order valence-electron chi connectivity index (χ0n) is 18.9. The summed E-state index contributed by atoms with van der Waals surface area (Å²) in [5, 5.41) is 9.61. The molecule has 0 saturated heterocycles. The van der Waals surface area contributed by atoms with Gasteiger partial charge in [0.2, 0.25) is 0 Å². The van der Waals surface area contributed by atoms with Crippen molar-refractivity contribution in [2.24, 2.45) is 5.92 Å². The number of Topliss-reactive ketones (excluding diaryl/α,β-unsaturated/α-hetero) is 1. The van der Waals surface area contributed by atoms with Crippen molar-refractivity contribution in [3.8, 4) is 0 Å². The van der Waals surface area contributed by atoms with Crippen LogP contribution in [0.25, 0.3) is 0 Å². The Kier molecular flexibility index (Phi) is 13.8. The summed E-state index contributed by atoms with van der Waals surface area (Å²) >= 11 is 0. The van der Waals surface area contributed by atoms with Crippen molar-refractivity contribution in [1.29, 1.82) is 0 Å². The van der Waals surface area contributed by atoms with E-state index in [9.17, 15) is 19.5 Å².